The normalized spacial score (nSPS) is 15.6. The van der Waals surface area contributed by atoms with Crippen molar-refractivity contribution in [3.8, 4) is 0 Å². The highest BCUT2D eigenvalue weighted by Crippen LogP contribution is 2.11. The first kappa shape index (κ1) is 10.8. The van der Waals surface area contributed by atoms with E-state index in [4.69, 9.17) is 5.73 Å². The van der Waals surface area contributed by atoms with E-state index in [0.29, 0.717) is 11.5 Å². The van der Waals surface area contributed by atoms with E-state index in [1.165, 1.54) is 0 Å². The summed E-state index contributed by atoms with van der Waals surface area (Å²) in [5, 5.41) is 2.91. The average molecular weight is 218 g/mol. The van der Waals surface area contributed by atoms with Gasteiger partial charge in [0.2, 0.25) is 0 Å². The molecule has 0 aliphatic rings. The van der Waals surface area contributed by atoms with Crippen LogP contribution >= 0.6 is 11.3 Å². The van der Waals surface area contributed by atoms with Crippen LogP contribution in [-0.4, -0.2) is 21.0 Å². The molecule has 2 N–H and O–H groups in total. The van der Waals surface area contributed by atoms with Crippen molar-refractivity contribution in [2.75, 3.05) is 5.75 Å². The molecule has 2 unspecified atom stereocenters. The molecule has 13 heavy (non-hydrogen) atoms. The molecule has 0 fully saturated rings. The summed E-state index contributed by atoms with van der Waals surface area (Å²) in [5.41, 5.74) is 6.54. The Hall–Kier alpha value is -0.260. The van der Waals surface area contributed by atoms with Crippen molar-refractivity contribution in [2.24, 2.45) is 5.73 Å². The van der Waals surface area contributed by atoms with Crippen LogP contribution in [0.2, 0.25) is 0 Å². The molecule has 0 aliphatic heterocycles. The Bertz CT molecular complexity index is 296. The molecule has 74 valence electrons. The van der Waals surface area contributed by atoms with E-state index in [2.05, 4.69) is 4.98 Å². The van der Waals surface area contributed by atoms with E-state index in [1.54, 1.807) is 11.3 Å². The Labute approximate surface area is 84.8 Å². The number of thiazole rings is 1. The molecule has 2 atom stereocenters. The Morgan fingerprint density at radius 3 is 2.92 bits per heavy atom. The summed E-state index contributed by atoms with van der Waals surface area (Å²) < 4.78 is 11.4. The molecule has 0 radical (unpaired) electrons. The molecular formula is C8H14N2OS2. The van der Waals surface area contributed by atoms with Crippen LogP contribution in [0.5, 0.6) is 0 Å². The van der Waals surface area contributed by atoms with Gasteiger partial charge in [0.05, 0.1) is 5.75 Å². The first-order chi connectivity index (χ1) is 6.08. The maximum absolute atomic E-state index is 11.4. The number of rotatable bonds is 4. The van der Waals surface area contributed by atoms with E-state index in [-0.39, 0.29) is 6.04 Å². The molecule has 0 aliphatic carbocycles. The minimum Gasteiger partial charge on any atom is -0.327 e. The Kier molecular flexibility index (Phi) is 4.02. The first-order valence-electron chi connectivity index (χ1n) is 4.09. The number of nitrogens with zero attached hydrogens (tertiary/aromatic N) is 1. The number of nitrogens with two attached hydrogens (primary N) is 1. The minimum atomic E-state index is -0.865. The summed E-state index contributed by atoms with van der Waals surface area (Å²) in [6.07, 6.45) is 0. The van der Waals surface area contributed by atoms with Gasteiger partial charge in [-0.15, -0.1) is 11.3 Å². The van der Waals surface area contributed by atoms with Crippen molar-refractivity contribution in [3.63, 3.8) is 0 Å². The molecule has 1 aromatic rings. The molecule has 0 aromatic carbocycles. The van der Waals surface area contributed by atoms with Gasteiger partial charge in [-0.1, -0.05) is 0 Å². The van der Waals surface area contributed by atoms with Crippen molar-refractivity contribution < 1.29 is 4.21 Å². The van der Waals surface area contributed by atoms with Crippen molar-refractivity contribution in [1.29, 1.82) is 0 Å². The number of hydrogen-bond donors (Lipinski definition) is 1. The highest BCUT2D eigenvalue weighted by atomic mass is 32.2. The van der Waals surface area contributed by atoms with Gasteiger partial charge < -0.3 is 5.73 Å². The lowest BCUT2D eigenvalue weighted by Gasteiger charge is -2.02. The van der Waals surface area contributed by atoms with Gasteiger partial charge in [-0.2, -0.15) is 0 Å². The van der Waals surface area contributed by atoms with Crippen LogP contribution in [0.1, 0.15) is 17.6 Å². The number of aryl methyl sites for hydroxylation is 1. The second-order valence-corrected chi connectivity index (χ2v) is 5.56. The zero-order valence-electron chi connectivity index (χ0n) is 7.82. The minimum absolute atomic E-state index is 0.00175. The third-order valence-corrected chi connectivity index (χ3v) is 4.04. The number of hydrogen-bond acceptors (Lipinski definition) is 4. The predicted molar refractivity (Wildman–Crippen MR) is 57.2 cm³/mol. The van der Waals surface area contributed by atoms with Gasteiger partial charge in [-0.05, 0) is 13.8 Å². The molecule has 0 amide bonds. The summed E-state index contributed by atoms with van der Waals surface area (Å²) in [6.45, 7) is 3.81. The highest BCUT2D eigenvalue weighted by Gasteiger charge is 2.07. The quantitative estimate of drug-likeness (QED) is 0.821. The van der Waals surface area contributed by atoms with Gasteiger partial charge in [0.1, 0.15) is 5.01 Å². The molecule has 0 saturated heterocycles. The molecule has 0 spiro atoms. The summed E-state index contributed by atoms with van der Waals surface area (Å²) in [6, 6.07) is 0.00175. The molecule has 1 heterocycles. The van der Waals surface area contributed by atoms with Gasteiger partial charge in [-0.3, -0.25) is 4.21 Å². The lowest BCUT2D eigenvalue weighted by molar-refractivity contribution is 0.676. The lowest BCUT2D eigenvalue weighted by atomic mass is 10.4. The van der Waals surface area contributed by atoms with Crippen LogP contribution < -0.4 is 5.73 Å². The van der Waals surface area contributed by atoms with Crippen LogP contribution in [0.15, 0.2) is 5.38 Å². The summed E-state index contributed by atoms with van der Waals surface area (Å²) in [7, 11) is -0.865. The molecular weight excluding hydrogens is 204 g/mol. The number of aromatic nitrogens is 1. The van der Waals surface area contributed by atoms with Gasteiger partial charge >= 0.3 is 0 Å². The van der Waals surface area contributed by atoms with Gasteiger partial charge in [0, 0.05) is 33.7 Å². The highest BCUT2D eigenvalue weighted by molar-refractivity contribution is 7.84. The topological polar surface area (TPSA) is 56.0 Å². The van der Waals surface area contributed by atoms with E-state index >= 15 is 0 Å². The second-order valence-electron chi connectivity index (χ2n) is 3.11. The van der Waals surface area contributed by atoms with Crippen molar-refractivity contribution in [1.82, 2.24) is 4.98 Å². The molecule has 1 aromatic heterocycles. The van der Waals surface area contributed by atoms with Gasteiger partial charge in [-0.25, -0.2) is 4.98 Å². The van der Waals surface area contributed by atoms with Crippen molar-refractivity contribution in [2.45, 2.75) is 25.6 Å². The van der Waals surface area contributed by atoms with E-state index in [9.17, 15) is 4.21 Å². The molecule has 5 heteroatoms. The zero-order valence-corrected chi connectivity index (χ0v) is 9.45. The Morgan fingerprint density at radius 2 is 2.46 bits per heavy atom. The van der Waals surface area contributed by atoms with E-state index < -0.39 is 10.8 Å². The fourth-order valence-electron chi connectivity index (χ4n) is 0.959. The third kappa shape index (κ3) is 3.97. The van der Waals surface area contributed by atoms with Crippen molar-refractivity contribution in [3.05, 3.63) is 16.1 Å². The van der Waals surface area contributed by atoms with Gasteiger partial charge in [0.25, 0.3) is 0 Å². The van der Waals surface area contributed by atoms with Crippen molar-refractivity contribution >= 4 is 22.1 Å². The Balaban J connectivity index is 2.45. The standard InChI is InChI=1S/C8H14N2OS2/c1-6(9)4-13(11)5-8-10-7(2)3-12-8/h3,6H,4-5,9H2,1-2H3. The molecule has 3 nitrogen and oxygen atoms in total. The first-order valence-corrected chi connectivity index (χ1v) is 6.46. The largest absolute Gasteiger partial charge is 0.327 e. The fourth-order valence-corrected chi connectivity index (χ4v) is 3.23. The zero-order chi connectivity index (χ0) is 9.84. The Morgan fingerprint density at radius 1 is 1.77 bits per heavy atom. The molecule has 0 bridgehead atoms. The smallest absolute Gasteiger partial charge is 0.105 e. The van der Waals surface area contributed by atoms with Crippen LogP contribution in [0.4, 0.5) is 0 Å². The van der Waals surface area contributed by atoms with Crippen LogP contribution in [-0.2, 0) is 16.6 Å². The SMILES string of the molecule is Cc1csc(CS(=O)CC(C)N)n1. The van der Waals surface area contributed by atoms with E-state index in [1.807, 2.05) is 19.2 Å². The fraction of sp³-hybridized carbons (Fsp3) is 0.625. The lowest BCUT2D eigenvalue weighted by Crippen LogP contribution is -2.23. The van der Waals surface area contributed by atoms with Gasteiger partial charge in [0.15, 0.2) is 0 Å². The third-order valence-electron chi connectivity index (χ3n) is 1.40. The molecule has 0 saturated carbocycles. The summed E-state index contributed by atoms with van der Waals surface area (Å²) >= 11 is 1.56. The summed E-state index contributed by atoms with van der Waals surface area (Å²) in [4.78, 5) is 4.24. The molecule has 1 rings (SSSR count). The van der Waals surface area contributed by atoms with Crippen LogP contribution in [0.3, 0.4) is 0 Å². The van der Waals surface area contributed by atoms with E-state index in [0.717, 1.165) is 10.7 Å². The maximum Gasteiger partial charge on any atom is 0.105 e. The van der Waals surface area contributed by atoms with Crippen LogP contribution in [0, 0.1) is 6.92 Å². The second kappa shape index (κ2) is 4.83. The summed E-state index contributed by atoms with van der Waals surface area (Å²) in [5.74, 6) is 1.10. The predicted octanol–water partition coefficient (Wildman–Crippen LogP) is 1.05. The monoisotopic (exact) mass is 218 g/mol. The van der Waals surface area contributed by atoms with Crippen LogP contribution in [0.25, 0.3) is 0 Å². The average Bonchev–Trinajstić information content (AvgIpc) is 2.33. The maximum atomic E-state index is 11.4.